The number of amides is 3. The van der Waals surface area contributed by atoms with Crippen LogP contribution >= 0.6 is 0 Å². The van der Waals surface area contributed by atoms with Crippen molar-refractivity contribution in [1.29, 1.82) is 0 Å². The Labute approximate surface area is 136 Å². The number of fused-ring (bicyclic) bond motifs is 1. The zero-order valence-corrected chi connectivity index (χ0v) is 13.4. The number of ether oxygens (including phenoxy) is 1. The lowest BCUT2D eigenvalue weighted by Crippen LogP contribution is -2.39. The Bertz CT molecular complexity index is 597. The van der Waals surface area contributed by atoms with E-state index in [1.807, 2.05) is 19.1 Å². The quantitative estimate of drug-likeness (QED) is 0.794. The number of aryl methyl sites for hydroxylation is 1. The highest BCUT2D eigenvalue weighted by atomic mass is 16.5. The van der Waals surface area contributed by atoms with Gasteiger partial charge in [-0.1, -0.05) is 12.1 Å². The van der Waals surface area contributed by atoms with Crippen LogP contribution in [0, 0.1) is 5.92 Å². The number of hydrogen-bond acceptors (Lipinski definition) is 3. The second-order valence-corrected chi connectivity index (χ2v) is 6.27. The summed E-state index contributed by atoms with van der Waals surface area (Å²) in [5.41, 5.74) is 3.04. The molecule has 124 valence electrons. The van der Waals surface area contributed by atoms with E-state index >= 15 is 0 Å². The molecular formula is C17H23N3O3. The Morgan fingerprint density at radius 2 is 2.30 bits per heavy atom. The van der Waals surface area contributed by atoms with Gasteiger partial charge in [-0.15, -0.1) is 0 Å². The van der Waals surface area contributed by atoms with E-state index in [4.69, 9.17) is 4.74 Å². The summed E-state index contributed by atoms with van der Waals surface area (Å²) in [6.07, 6.45) is 2.27. The molecule has 0 aliphatic carbocycles. The van der Waals surface area contributed by atoms with Crippen molar-refractivity contribution in [1.82, 2.24) is 10.6 Å². The third-order valence-electron chi connectivity index (χ3n) is 4.45. The summed E-state index contributed by atoms with van der Waals surface area (Å²) in [6, 6.07) is 5.67. The predicted molar refractivity (Wildman–Crippen MR) is 87.3 cm³/mol. The fraction of sp³-hybridized carbons (Fsp3) is 0.529. The number of anilines is 1. The molecule has 0 spiro atoms. The topological polar surface area (TPSA) is 79.5 Å². The molecule has 3 amide bonds. The third kappa shape index (κ3) is 4.01. The molecule has 2 atom stereocenters. The van der Waals surface area contributed by atoms with Crippen molar-refractivity contribution in [3.63, 3.8) is 0 Å². The summed E-state index contributed by atoms with van der Waals surface area (Å²) in [7, 11) is 0. The predicted octanol–water partition coefficient (Wildman–Crippen LogP) is 1.97. The van der Waals surface area contributed by atoms with Crippen LogP contribution in [0.5, 0.6) is 0 Å². The smallest absolute Gasteiger partial charge is 0.315 e. The van der Waals surface area contributed by atoms with E-state index in [1.165, 1.54) is 0 Å². The molecule has 1 aromatic rings. The minimum atomic E-state index is -0.157. The van der Waals surface area contributed by atoms with Gasteiger partial charge in [0.05, 0.1) is 12.6 Å². The fourth-order valence-electron chi connectivity index (χ4n) is 2.99. The van der Waals surface area contributed by atoms with Gasteiger partial charge in [0.2, 0.25) is 5.91 Å². The van der Waals surface area contributed by atoms with Gasteiger partial charge < -0.3 is 20.7 Å². The van der Waals surface area contributed by atoms with Gasteiger partial charge in [0, 0.05) is 31.2 Å². The molecule has 2 aliphatic heterocycles. The van der Waals surface area contributed by atoms with Gasteiger partial charge in [0.25, 0.3) is 0 Å². The summed E-state index contributed by atoms with van der Waals surface area (Å²) < 4.78 is 5.30. The van der Waals surface area contributed by atoms with Crippen LogP contribution in [-0.2, 0) is 16.0 Å². The van der Waals surface area contributed by atoms with Gasteiger partial charge in [-0.3, -0.25) is 4.79 Å². The van der Waals surface area contributed by atoms with Gasteiger partial charge in [0.1, 0.15) is 0 Å². The van der Waals surface area contributed by atoms with Crippen LogP contribution < -0.4 is 16.0 Å². The van der Waals surface area contributed by atoms with Crippen LogP contribution in [-0.4, -0.2) is 31.7 Å². The maximum absolute atomic E-state index is 12.0. The minimum Gasteiger partial charge on any atom is -0.381 e. The third-order valence-corrected chi connectivity index (χ3v) is 4.45. The molecule has 2 aliphatic rings. The number of carbonyl (C=O) groups excluding carboxylic acids is 2. The largest absolute Gasteiger partial charge is 0.381 e. The number of rotatable bonds is 4. The van der Waals surface area contributed by atoms with E-state index in [0.717, 1.165) is 42.9 Å². The number of nitrogens with one attached hydrogen (secondary N) is 3. The van der Waals surface area contributed by atoms with Crippen molar-refractivity contribution in [3.8, 4) is 0 Å². The lowest BCUT2D eigenvalue weighted by molar-refractivity contribution is -0.116. The molecule has 6 heteroatoms. The van der Waals surface area contributed by atoms with Gasteiger partial charge in [-0.2, -0.15) is 0 Å². The lowest BCUT2D eigenvalue weighted by atomic mass is 9.98. The van der Waals surface area contributed by atoms with Gasteiger partial charge >= 0.3 is 6.03 Å². The first kappa shape index (κ1) is 15.8. The number of hydrogen-bond donors (Lipinski definition) is 3. The summed E-state index contributed by atoms with van der Waals surface area (Å²) in [4.78, 5) is 23.4. The molecule has 1 saturated heterocycles. The zero-order valence-electron chi connectivity index (χ0n) is 13.4. The minimum absolute atomic E-state index is 0.0618. The van der Waals surface area contributed by atoms with E-state index in [2.05, 4.69) is 22.0 Å². The van der Waals surface area contributed by atoms with E-state index in [9.17, 15) is 9.59 Å². The first-order valence-electron chi connectivity index (χ1n) is 8.16. The summed E-state index contributed by atoms with van der Waals surface area (Å²) in [6.45, 7) is 4.12. The Kier molecular flexibility index (Phi) is 4.81. The zero-order chi connectivity index (χ0) is 16.2. The molecule has 6 nitrogen and oxygen atoms in total. The molecule has 0 bridgehead atoms. The van der Waals surface area contributed by atoms with Gasteiger partial charge in [-0.05, 0) is 37.0 Å². The van der Waals surface area contributed by atoms with Crippen LogP contribution in [0.25, 0.3) is 0 Å². The highest BCUT2D eigenvalue weighted by molar-refractivity contribution is 5.93. The Morgan fingerprint density at radius 3 is 3.09 bits per heavy atom. The fourth-order valence-corrected chi connectivity index (χ4v) is 2.99. The van der Waals surface area contributed by atoms with E-state index < -0.39 is 0 Å². The average Bonchev–Trinajstić information content (AvgIpc) is 3.05. The Balaban J connectivity index is 1.54. The molecule has 3 N–H and O–H groups in total. The summed E-state index contributed by atoms with van der Waals surface area (Å²) >= 11 is 0. The van der Waals surface area contributed by atoms with Crippen molar-refractivity contribution >= 4 is 17.6 Å². The number of urea groups is 1. The molecule has 0 radical (unpaired) electrons. The van der Waals surface area contributed by atoms with Gasteiger partial charge in [0.15, 0.2) is 0 Å². The molecule has 1 aromatic carbocycles. The molecule has 1 fully saturated rings. The molecule has 0 unspecified atom stereocenters. The van der Waals surface area contributed by atoms with Crippen LogP contribution in [0.15, 0.2) is 18.2 Å². The Morgan fingerprint density at radius 1 is 1.43 bits per heavy atom. The molecule has 3 rings (SSSR count). The number of carbonyl (C=O) groups is 2. The molecule has 0 saturated carbocycles. The van der Waals surface area contributed by atoms with Crippen LogP contribution in [0.1, 0.15) is 36.9 Å². The van der Waals surface area contributed by atoms with E-state index in [0.29, 0.717) is 18.9 Å². The van der Waals surface area contributed by atoms with E-state index in [-0.39, 0.29) is 18.0 Å². The van der Waals surface area contributed by atoms with Crippen LogP contribution in [0.4, 0.5) is 10.5 Å². The van der Waals surface area contributed by atoms with E-state index in [1.54, 1.807) is 0 Å². The number of benzene rings is 1. The summed E-state index contributed by atoms with van der Waals surface area (Å²) in [5, 5.41) is 8.73. The standard InChI is InChI=1S/C17H23N3O3/c1-11(19-17(22)18-9-12-6-7-23-10-12)13-2-4-15-14(8-13)3-5-16(21)20-15/h2,4,8,11-12H,3,5-7,9-10H2,1H3,(H,20,21)(H2,18,19,22)/t11-,12+/m0/s1. The van der Waals surface area contributed by atoms with Crippen molar-refractivity contribution in [2.24, 2.45) is 5.92 Å². The maximum Gasteiger partial charge on any atom is 0.315 e. The second kappa shape index (κ2) is 7.00. The maximum atomic E-state index is 12.0. The molecular weight excluding hydrogens is 294 g/mol. The van der Waals surface area contributed by atoms with Crippen LogP contribution in [0.3, 0.4) is 0 Å². The van der Waals surface area contributed by atoms with Crippen molar-refractivity contribution in [2.75, 3.05) is 25.1 Å². The van der Waals surface area contributed by atoms with Crippen molar-refractivity contribution in [2.45, 2.75) is 32.2 Å². The first-order valence-corrected chi connectivity index (χ1v) is 8.16. The highest BCUT2D eigenvalue weighted by Gasteiger charge is 2.19. The second-order valence-electron chi connectivity index (χ2n) is 6.27. The first-order chi connectivity index (χ1) is 11.1. The normalized spacial score (nSPS) is 21.3. The lowest BCUT2D eigenvalue weighted by Gasteiger charge is -2.21. The van der Waals surface area contributed by atoms with Crippen molar-refractivity contribution < 1.29 is 14.3 Å². The van der Waals surface area contributed by atoms with Crippen LogP contribution in [0.2, 0.25) is 0 Å². The highest BCUT2D eigenvalue weighted by Crippen LogP contribution is 2.26. The average molecular weight is 317 g/mol. The summed E-state index contributed by atoms with van der Waals surface area (Å²) in [5.74, 6) is 0.482. The monoisotopic (exact) mass is 317 g/mol. The van der Waals surface area contributed by atoms with Gasteiger partial charge in [-0.25, -0.2) is 4.79 Å². The molecule has 2 heterocycles. The SMILES string of the molecule is C[C@H](NC(=O)NC[C@H]1CCOC1)c1ccc2c(c1)CCC(=O)N2. The Hall–Kier alpha value is -2.08. The molecule has 23 heavy (non-hydrogen) atoms. The molecule has 0 aromatic heterocycles. The van der Waals surface area contributed by atoms with Crippen molar-refractivity contribution in [3.05, 3.63) is 29.3 Å².